The number of rotatable bonds is 6. The maximum atomic E-state index is 14.7. The molecule has 5 nitrogen and oxygen atoms in total. The summed E-state index contributed by atoms with van der Waals surface area (Å²) in [5.74, 6) is 1.27. The summed E-state index contributed by atoms with van der Waals surface area (Å²) in [6, 6.07) is 6.93. The first kappa shape index (κ1) is 22.5. The Morgan fingerprint density at radius 1 is 1.29 bits per heavy atom. The summed E-state index contributed by atoms with van der Waals surface area (Å²) in [5.41, 5.74) is 2.19. The Hall–Kier alpha value is -1.67. The quantitative estimate of drug-likeness (QED) is 0.688. The minimum Gasteiger partial charge on any atom is -0.616 e. The molecular formula is C24H31FN2O3S. The molecular weight excluding hydrogens is 415 g/mol. The number of β-amino-alcohol motifs (C(OH)–C–C–N with tert-alkyl or cyclic N) is 1. The van der Waals surface area contributed by atoms with Crippen LogP contribution in [0.25, 0.3) is 11.3 Å². The van der Waals surface area contributed by atoms with Gasteiger partial charge in [0.25, 0.3) is 0 Å². The number of benzene rings is 1. The molecule has 2 aliphatic heterocycles. The topological polar surface area (TPSA) is 68.7 Å². The Balaban J connectivity index is 1.41. The van der Waals surface area contributed by atoms with E-state index in [0.717, 1.165) is 49.2 Å². The Labute approximate surface area is 186 Å². The average Bonchev–Trinajstić information content (AvgIpc) is 3.10. The van der Waals surface area contributed by atoms with Crippen LogP contribution in [-0.4, -0.2) is 57.1 Å². The van der Waals surface area contributed by atoms with Crippen LogP contribution in [0.2, 0.25) is 0 Å². The van der Waals surface area contributed by atoms with Crippen molar-refractivity contribution in [2.24, 2.45) is 5.92 Å². The maximum absolute atomic E-state index is 14.7. The number of ether oxygens (including phenoxy) is 1. The summed E-state index contributed by atoms with van der Waals surface area (Å²) in [4.78, 5) is 6.76. The summed E-state index contributed by atoms with van der Waals surface area (Å²) >= 11 is -1.00. The van der Waals surface area contributed by atoms with Crippen molar-refractivity contribution in [3.8, 4) is 17.0 Å². The number of aromatic nitrogens is 1. The highest BCUT2D eigenvalue weighted by Gasteiger charge is 2.34. The van der Waals surface area contributed by atoms with E-state index in [2.05, 4.69) is 9.88 Å². The van der Waals surface area contributed by atoms with Gasteiger partial charge in [-0.2, -0.15) is 0 Å². The average molecular weight is 447 g/mol. The molecule has 4 rings (SSSR count). The van der Waals surface area contributed by atoms with Gasteiger partial charge in [-0.15, -0.1) is 0 Å². The van der Waals surface area contributed by atoms with Crippen LogP contribution in [0, 0.1) is 11.7 Å². The lowest BCUT2D eigenvalue weighted by atomic mass is 9.88. The summed E-state index contributed by atoms with van der Waals surface area (Å²) in [6.45, 7) is 6.32. The predicted molar refractivity (Wildman–Crippen MR) is 121 cm³/mol. The zero-order valence-corrected chi connectivity index (χ0v) is 19.3. The number of piperidine rings is 1. The fourth-order valence-electron chi connectivity index (χ4n) is 4.70. The van der Waals surface area contributed by atoms with Crippen molar-refractivity contribution in [1.29, 1.82) is 0 Å². The molecule has 168 valence electrons. The Kier molecular flexibility index (Phi) is 6.58. The first-order valence-electron chi connectivity index (χ1n) is 10.9. The van der Waals surface area contributed by atoms with E-state index in [1.165, 1.54) is 6.07 Å². The maximum Gasteiger partial charge on any atom is 0.141 e. The van der Waals surface area contributed by atoms with Crippen LogP contribution in [0.5, 0.6) is 5.75 Å². The van der Waals surface area contributed by atoms with E-state index in [-0.39, 0.29) is 11.9 Å². The van der Waals surface area contributed by atoms with Crippen molar-refractivity contribution in [3.63, 3.8) is 0 Å². The third-order valence-corrected chi connectivity index (χ3v) is 6.84. The number of fused-ring (bicyclic) bond motifs is 1. The summed E-state index contributed by atoms with van der Waals surface area (Å²) in [5, 5.41) is 10.0. The van der Waals surface area contributed by atoms with E-state index in [1.54, 1.807) is 18.5 Å². The van der Waals surface area contributed by atoms with Crippen molar-refractivity contribution in [3.05, 3.63) is 47.4 Å². The van der Waals surface area contributed by atoms with Crippen molar-refractivity contribution in [1.82, 2.24) is 9.88 Å². The molecule has 2 aliphatic rings. The van der Waals surface area contributed by atoms with E-state index in [4.69, 9.17) is 4.74 Å². The normalized spacial score (nSPS) is 21.0. The predicted octanol–water partition coefficient (Wildman–Crippen LogP) is 3.55. The third kappa shape index (κ3) is 5.58. The molecule has 0 aliphatic carbocycles. The van der Waals surface area contributed by atoms with E-state index >= 15 is 0 Å². The van der Waals surface area contributed by atoms with Gasteiger partial charge in [-0.05, 0) is 63.9 Å². The van der Waals surface area contributed by atoms with Crippen LogP contribution >= 0.6 is 0 Å². The highest BCUT2D eigenvalue weighted by molar-refractivity contribution is 7.89. The van der Waals surface area contributed by atoms with Crippen molar-refractivity contribution < 1.29 is 18.8 Å². The summed E-state index contributed by atoms with van der Waals surface area (Å²) < 4.78 is 32.3. The number of halogens is 1. The molecule has 2 unspecified atom stereocenters. The zero-order valence-electron chi connectivity index (χ0n) is 18.4. The third-order valence-electron chi connectivity index (χ3n) is 6.10. The molecule has 2 atom stereocenters. The number of nitrogens with zero attached hydrogens (tertiary/aromatic N) is 2. The fraction of sp³-hybridized carbons (Fsp3) is 0.542. The molecule has 31 heavy (non-hydrogen) atoms. The lowest BCUT2D eigenvalue weighted by Crippen LogP contribution is -2.45. The lowest BCUT2D eigenvalue weighted by molar-refractivity contribution is 0.0143. The van der Waals surface area contributed by atoms with Crippen molar-refractivity contribution >= 4 is 11.2 Å². The van der Waals surface area contributed by atoms with Gasteiger partial charge in [0.05, 0.1) is 23.7 Å². The van der Waals surface area contributed by atoms with E-state index in [0.29, 0.717) is 29.5 Å². The van der Waals surface area contributed by atoms with Crippen molar-refractivity contribution in [2.75, 3.05) is 25.9 Å². The summed E-state index contributed by atoms with van der Waals surface area (Å²) in [7, 11) is 0. The molecule has 1 N–H and O–H groups in total. The Morgan fingerprint density at radius 3 is 2.68 bits per heavy atom. The minimum atomic E-state index is -1.00. The molecule has 3 heterocycles. The number of pyridine rings is 1. The van der Waals surface area contributed by atoms with Gasteiger partial charge in [-0.1, -0.05) is 17.2 Å². The van der Waals surface area contributed by atoms with Crippen LogP contribution in [-0.2, 0) is 23.3 Å². The highest BCUT2D eigenvalue weighted by Crippen LogP contribution is 2.37. The first-order chi connectivity index (χ1) is 14.7. The van der Waals surface area contributed by atoms with Crippen LogP contribution in [0.3, 0.4) is 0 Å². The number of hydrogen-bond acceptors (Lipinski definition) is 5. The lowest BCUT2D eigenvalue weighted by Gasteiger charge is -2.36. The number of aliphatic hydroxyl groups is 1. The van der Waals surface area contributed by atoms with Gasteiger partial charge >= 0.3 is 0 Å². The van der Waals surface area contributed by atoms with Crippen LogP contribution in [0.15, 0.2) is 30.5 Å². The zero-order chi connectivity index (χ0) is 22.2. The molecule has 2 aromatic rings. The van der Waals surface area contributed by atoms with Gasteiger partial charge in [0.15, 0.2) is 0 Å². The molecule has 0 amide bonds. The second-order valence-corrected chi connectivity index (χ2v) is 10.9. The minimum absolute atomic E-state index is 0.128. The molecule has 1 aromatic carbocycles. The second kappa shape index (κ2) is 9.06. The second-order valence-electron chi connectivity index (χ2n) is 9.50. The van der Waals surface area contributed by atoms with Crippen LogP contribution < -0.4 is 4.74 Å². The Morgan fingerprint density at radius 2 is 2.03 bits per heavy atom. The van der Waals surface area contributed by atoms with Crippen LogP contribution in [0.1, 0.15) is 37.8 Å². The van der Waals surface area contributed by atoms with Gasteiger partial charge < -0.3 is 19.3 Å². The highest BCUT2D eigenvalue weighted by atomic mass is 32.2. The smallest absolute Gasteiger partial charge is 0.141 e. The van der Waals surface area contributed by atoms with Crippen LogP contribution in [0.4, 0.5) is 4.39 Å². The summed E-state index contributed by atoms with van der Waals surface area (Å²) in [6.07, 6.45) is 6.36. The van der Waals surface area contributed by atoms with E-state index < -0.39 is 16.8 Å². The molecule has 0 spiro atoms. The van der Waals surface area contributed by atoms with Gasteiger partial charge in [0.1, 0.15) is 23.4 Å². The molecule has 1 saturated heterocycles. The fourth-order valence-corrected chi connectivity index (χ4v) is 5.35. The number of likely N-dealkylation sites (tertiary alicyclic amines) is 1. The molecule has 1 fully saturated rings. The molecule has 1 aromatic heterocycles. The molecule has 0 saturated carbocycles. The molecule has 7 heteroatoms. The van der Waals surface area contributed by atoms with Gasteiger partial charge in [-0.3, -0.25) is 4.98 Å². The molecule has 0 bridgehead atoms. The van der Waals surface area contributed by atoms with Gasteiger partial charge in [0.2, 0.25) is 0 Å². The van der Waals surface area contributed by atoms with E-state index in [1.807, 2.05) is 26.0 Å². The molecule has 0 radical (unpaired) electrons. The number of hydrogen-bond donors (Lipinski definition) is 1. The Bertz CT molecular complexity index is 924. The van der Waals surface area contributed by atoms with Gasteiger partial charge in [-0.25, -0.2) is 4.39 Å². The standard InChI is InChI=1S/C24H31FN2O3S/c1-24(2,28)15-27-8-6-17(7-9-27)22-12-18-11-21(26-13-23(18)30-22)19-5-4-16(10-20(19)25)14-31(3)29/h4-5,10-11,13,17,22,28H,6-9,12,14-15H2,1-3H3. The van der Waals surface area contributed by atoms with E-state index in [9.17, 15) is 14.0 Å². The monoisotopic (exact) mass is 446 g/mol. The largest absolute Gasteiger partial charge is 0.616 e. The first-order valence-corrected chi connectivity index (χ1v) is 12.6. The van der Waals surface area contributed by atoms with Crippen molar-refractivity contribution in [2.45, 2.75) is 50.6 Å². The SMILES string of the molecule is C[S+]([O-])Cc1ccc(-c2cc3c(cn2)OC(C2CCN(CC(C)(C)O)CC2)C3)c(F)c1. The van der Waals surface area contributed by atoms with Gasteiger partial charge in [0, 0.05) is 29.7 Å².